The number of nitrogens with two attached hydrogens (primary N) is 1. The second-order valence-electron chi connectivity index (χ2n) is 4.05. The molecule has 5 heteroatoms. The van der Waals surface area contributed by atoms with E-state index in [0.717, 1.165) is 16.2 Å². The molecule has 0 aliphatic carbocycles. The average molecular weight is 312 g/mol. The molecule has 0 heterocycles. The molecule has 20 heavy (non-hydrogen) atoms. The van der Waals surface area contributed by atoms with Gasteiger partial charge in [0.1, 0.15) is 17.3 Å². The van der Waals surface area contributed by atoms with Gasteiger partial charge in [-0.3, -0.25) is 0 Å². The highest BCUT2D eigenvalue weighted by molar-refractivity contribution is 7.99. The van der Waals surface area contributed by atoms with E-state index in [1.54, 1.807) is 11.8 Å². The van der Waals surface area contributed by atoms with Crippen molar-refractivity contribution < 1.29 is 9.13 Å². The van der Waals surface area contributed by atoms with Crippen LogP contribution in [-0.4, -0.2) is 5.75 Å². The molecule has 0 fully saturated rings. The van der Waals surface area contributed by atoms with Crippen molar-refractivity contribution in [3.8, 4) is 11.5 Å². The van der Waals surface area contributed by atoms with Gasteiger partial charge >= 0.3 is 0 Å². The van der Waals surface area contributed by atoms with Crippen LogP contribution in [0.2, 0.25) is 5.02 Å². The van der Waals surface area contributed by atoms with Crippen molar-refractivity contribution in [3.63, 3.8) is 0 Å². The molecule has 2 rings (SSSR count). The highest BCUT2D eigenvalue weighted by Crippen LogP contribution is 2.35. The van der Waals surface area contributed by atoms with Crippen molar-refractivity contribution in [2.75, 3.05) is 5.75 Å². The molecule has 0 saturated heterocycles. The van der Waals surface area contributed by atoms with Gasteiger partial charge in [0.15, 0.2) is 0 Å². The third-order valence-electron chi connectivity index (χ3n) is 2.71. The van der Waals surface area contributed by atoms with E-state index in [9.17, 15) is 4.39 Å². The van der Waals surface area contributed by atoms with Crippen LogP contribution in [0.15, 0.2) is 41.3 Å². The lowest BCUT2D eigenvalue weighted by atomic mass is 10.2. The number of benzene rings is 2. The van der Waals surface area contributed by atoms with Gasteiger partial charge in [0.2, 0.25) is 0 Å². The van der Waals surface area contributed by atoms with Crippen LogP contribution in [0.25, 0.3) is 0 Å². The molecule has 2 nitrogen and oxygen atoms in total. The fourth-order valence-corrected chi connectivity index (χ4v) is 2.86. The van der Waals surface area contributed by atoms with Crippen molar-refractivity contribution in [2.45, 2.75) is 18.4 Å². The van der Waals surface area contributed by atoms with Crippen LogP contribution in [-0.2, 0) is 6.54 Å². The van der Waals surface area contributed by atoms with E-state index in [0.29, 0.717) is 18.0 Å². The zero-order chi connectivity index (χ0) is 14.5. The summed E-state index contributed by atoms with van der Waals surface area (Å²) < 4.78 is 18.8. The minimum absolute atomic E-state index is 0.238. The molecule has 0 radical (unpaired) electrons. The number of thioether (sulfide) groups is 1. The molecule has 2 N–H and O–H groups in total. The zero-order valence-electron chi connectivity index (χ0n) is 11.0. The summed E-state index contributed by atoms with van der Waals surface area (Å²) in [5.74, 6) is 1.63. The van der Waals surface area contributed by atoms with Crippen LogP contribution in [0.1, 0.15) is 12.5 Å². The molecule has 0 saturated carbocycles. The third-order valence-corrected chi connectivity index (χ3v) is 3.99. The van der Waals surface area contributed by atoms with Gasteiger partial charge in [-0.05, 0) is 36.1 Å². The fraction of sp³-hybridized carbons (Fsp3) is 0.200. The number of hydrogen-bond acceptors (Lipinski definition) is 3. The maximum absolute atomic E-state index is 13.0. The summed E-state index contributed by atoms with van der Waals surface area (Å²) in [5.41, 5.74) is 6.74. The molecule has 2 aromatic carbocycles. The van der Waals surface area contributed by atoms with Gasteiger partial charge in [-0.1, -0.05) is 24.6 Å². The Morgan fingerprint density at radius 1 is 1.25 bits per heavy atom. The van der Waals surface area contributed by atoms with E-state index in [1.165, 1.54) is 18.2 Å². The van der Waals surface area contributed by atoms with Crippen molar-refractivity contribution in [2.24, 2.45) is 5.73 Å². The fourth-order valence-electron chi connectivity index (χ4n) is 1.81. The van der Waals surface area contributed by atoms with Crippen LogP contribution in [0.4, 0.5) is 4.39 Å². The van der Waals surface area contributed by atoms with Crippen molar-refractivity contribution in [1.29, 1.82) is 0 Å². The number of hydrogen-bond donors (Lipinski definition) is 1. The van der Waals surface area contributed by atoms with Gasteiger partial charge in [0.05, 0.1) is 5.02 Å². The van der Waals surface area contributed by atoms with Crippen molar-refractivity contribution in [1.82, 2.24) is 0 Å². The molecule has 0 aliphatic heterocycles. The molecule has 0 aliphatic rings. The summed E-state index contributed by atoms with van der Waals surface area (Å²) in [4.78, 5) is 1.09. The first-order valence-corrected chi connectivity index (χ1v) is 7.59. The molecular weight excluding hydrogens is 297 g/mol. The zero-order valence-corrected chi connectivity index (χ0v) is 12.6. The van der Waals surface area contributed by atoms with Crippen LogP contribution >= 0.6 is 23.4 Å². The molecule has 0 bridgehead atoms. The molecular formula is C15H15ClFNOS. The topological polar surface area (TPSA) is 35.2 Å². The lowest BCUT2D eigenvalue weighted by Gasteiger charge is -2.14. The summed E-state index contributed by atoms with van der Waals surface area (Å²) in [6, 6.07) is 9.80. The largest absolute Gasteiger partial charge is 0.455 e. The Hall–Kier alpha value is -1.23. The van der Waals surface area contributed by atoms with Crippen molar-refractivity contribution >= 4 is 23.4 Å². The first-order valence-electron chi connectivity index (χ1n) is 6.23. The summed E-state index contributed by atoms with van der Waals surface area (Å²) in [5, 5.41) is 0.238. The number of ether oxygens (including phenoxy) is 1. The molecule has 0 atom stereocenters. The number of rotatable bonds is 5. The molecule has 2 aromatic rings. The highest BCUT2D eigenvalue weighted by atomic mass is 35.5. The average Bonchev–Trinajstić information content (AvgIpc) is 2.42. The second-order valence-corrected chi connectivity index (χ2v) is 5.76. The monoisotopic (exact) mass is 311 g/mol. The quantitative estimate of drug-likeness (QED) is 0.802. The van der Waals surface area contributed by atoms with E-state index < -0.39 is 5.82 Å². The molecule has 106 valence electrons. The van der Waals surface area contributed by atoms with Crippen molar-refractivity contribution in [3.05, 3.63) is 52.8 Å². The Bertz CT molecular complexity index is 606. The molecule has 0 spiro atoms. The first kappa shape index (κ1) is 15.2. The van der Waals surface area contributed by atoms with E-state index in [1.807, 2.05) is 18.2 Å². The Morgan fingerprint density at radius 3 is 2.70 bits per heavy atom. The van der Waals surface area contributed by atoms with E-state index in [4.69, 9.17) is 22.1 Å². The third kappa shape index (κ3) is 3.45. The Kier molecular flexibility index (Phi) is 5.29. The van der Waals surface area contributed by atoms with Gasteiger partial charge in [0, 0.05) is 17.0 Å². The lowest BCUT2D eigenvalue weighted by Crippen LogP contribution is -2.02. The van der Waals surface area contributed by atoms with Crippen LogP contribution in [0.5, 0.6) is 11.5 Å². The smallest absolute Gasteiger partial charge is 0.146 e. The summed E-state index contributed by atoms with van der Waals surface area (Å²) in [6.45, 7) is 2.45. The van der Waals surface area contributed by atoms with Crippen LogP contribution in [0.3, 0.4) is 0 Å². The van der Waals surface area contributed by atoms with E-state index >= 15 is 0 Å². The summed E-state index contributed by atoms with van der Waals surface area (Å²) in [6.07, 6.45) is 0. The molecule has 0 aromatic heterocycles. The summed E-state index contributed by atoms with van der Waals surface area (Å²) in [7, 11) is 0. The van der Waals surface area contributed by atoms with Gasteiger partial charge < -0.3 is 10.5 Å². The minimum Gasteiger partial charge on any atom is -0.455 e. The Balaban J connectivity index is 2.35. The highest BCUT2D eigenvalue weighted by Gasteiger charge is 2.11. The normalized spacial score (nSPS) is 10.6. The van der Waals surface area contributed by atoms with E-state index in [-0.39, 0.29) is 5.02 Å². The van der Waals surface area contributed by atoms with Crippen LogP contribution in [0, 0.1) is 5.82 Å². The van der Waals surface area contributed by atoms with Gasteiger partial charge in [-0.15, -0.1) is 11.8 Å². The van der Waals surface area contributed by atoms with Crippen LogP contribution < -0.4 is 10.5 Å². The number of halogens is 2. The second kappa shape index (κ2) is 6.97. The lowest BCUT2D eigenvalue weighted by molar-refractivity contribution is 0.472. The standard InChI is InChI=1S/C15H15ClFNOS/c1-2-20-15-5-3-4-13(11(15)9-18)19-14-7-6-10(17)8-12(14)16/h3-8H,2,9,18H2,1H3. The maximum Gasteiger partial charge on any atom is 0.146 e. The van der Waals surface area contributed by atoms with Gasteiger partial charge in [0.25, 0.3) is 0 Å². The molecule has 0 amide bonds. The summed E-state index contributed by atoms with van der Waals surface area (Å²) >= 11 is 7.68. The Morgan fingerprint density at radius 2 is 2.05 bits per heavy atom. The first-order chi connectivity index (χ1) is 9.65. The maximum atomic E-state index is 13.0. The van der Waals surface area contributed by atoms with Gasteiger partial charge in [-0.2, -0.15) is 0 Å². The predicted octanol–water partition coefficient (Wildman–Crippen LogP) is 4.84. The predicted molar refractivity (Wildman–Crippen MR) is 82.2 cm³/mol. The van der Waals surface area contributed by atoms with E-state index in [2.05, 4.69) is 6.92 Å². The molecule has 0 unspecified atom stereocenters. The minimum atomic E-state index is -0.392. The SMILES string of the molecule is CCSc1cccc(Oc2ccc(F)cc2Cl)c1CN. The Labute approximate surface area is 127 Å². The van der Waals surface area contributed by atoms with Gasteiger partial charge in [-0.25, -0.2) is 4.39 Å².